The van der Waals surface area contributed by atoms with E-state index in [1.165, 1.54) is 21.6 Å². The fourth-order valence-corrected chi connectivity index (χ4v) is 4.85. The maximum absolute atomic E-state index is 12.4. The summed E-state index contributed by atoms with van der Waals surface area (Å²) in [5.74, 6) is 1.07. The third kappa shape index (κ3) is 5.60. The van der Waals surface area contributed by atoms with Crippen LogP contribution in [0.15, 0.2) is 41.3 Å². The largest absolute Gasteiger partial charge is 0.316 e. The van der Waals surface area contributed by atoms with Gasteiger partial charge in [-0.2, -0.15) is 0 Å². The standard InChI is InChI=1S/C23H28ClNOS/c1-23(2,3)14-21(26)18-6-4-16(5-7-18)15-27-22-19-11-13-25-12-10-17(19)8-9-20(22)24/h4-9,25H,10-15H2,1-3H3. The highest BCUT2D eigenvalue weighted by Crippen LogP contribution is 2.36. The topological polar surface area (TPSA) is 29.1 Å². The van der Waals surface area contributed by atoms with E-state index >= 15 is 0 Å². The van der Waals surface area contributed by atoms with Gasteiger partial charge in [0.15, 0.2) is 5.78 Å². The Morgan fingerprint density at radius 3 is 2.48 bits per heavy atom. The zero-order chi connectivity index (χ0) is 19.4. The van der Waals surface area contributed by atoms with E-state index < -0.39 is 0 Å². The minimum absolute atomic E-state index is 0.0162. The number of carbonyl (C=O) groups excluding carboxylic acids is 1. The van der Waals surface area contributed by atoms with Gasteiger partial charge in [-0.05, 0) is 54.1 Å². The van der Waals surface area contributed by atoms with Gasteiger partial charge in [0.2, 0.25) is 0 Å². The first-order chi connectivity index (χ1) is 12.8. The van der Waals surface area contributed by atoms with Gasteiger partial charge >= 0.3 is 0 Å². The van der Waals surface area contributed by atoms with Crippen molar-refractivity contribution in [2.24, 2.45) is 5.41 Å². The van der Waals surface area contributed by atoms with Crippen molar-refractivity contribution in [3.05, 3.63) is 63.7 Å². The molecule has 0 aromatic heterocycles. The third-order valence-corrected chi connectivity index (χ3v) is 6.44. The number of hydrogen-bond acceptors (Lipinski definition) is 3. The highest BCUT2D eigenvalue weighted by Gasteiger charge is 2.18. The molecule has 2 aromatic rings. The molecule has 0 aliphatic carbocycles. The smallest absolute Gasteiger partial charge is 0.163 e. The van der Waals surface area contributed by atoms with E-state index in [9.17, 15) is 4.79 Å². The molecule has 0 amide bonds. The molecule has 0 saturated heterocycles. The summed E-state index contributed by atoms with van der Waals surface area (Å²) in [6.45, 7) is 8.32. The van der Waals surface area contributed by atoms with Crippen molar-refractivity contribution in [3.8, 4) is 0 Å². The average molecular weight is 402 g/mol. The van der Waals surface area contributed by atoms with Crippen LogP contribution in [0.3, 0.4) is 0 Å². The van der Waals surface area contributed by atoms with E-state index in [1.807, 2.05) is 18.2 Å². The van der Waals surface area contributed by atoms with E-state index in [2.05, 4.69) is 44.3 Å². The first-order valence-corrected chi connectivity index (χ1v) is 11.0. The Morgan fingerprint density at radius 1 is 1.07 bits per heavy atom. The second-order valence-electron chi connectivity index (χ2n) is 8.41. The molecule has 1 heterocycles. The van der Waals surface area contributed by atoms with Crippen LogP contribution in [-0.4, -0.2) is 18.9 Å². The number of fused-ring (bicyclic) bond motifs is 1. The van der Waals surface area contributed by atoms with Crippen LogP contribution in [0.4, 0.5) is 0 Å². The van der Waals surface area contributed by atoms with Gasteiger partial charge in [0.1, 0.15) is 0 Å². The molecule has 0 bridgehead atoms. The number of carbonyl (C=O) groups is 1. The molecule has 0 atom stereocenters. The van der Waals surface area contributed by atoms with Crippen molar-refractivity contribution in [2.45, 2.75) is 50.7 Å². The number of hydrogen-bond donors (Lipinski definition) is 1. The maximum Gasteiger partial charge on any atom is 0.163 e. The minimum Gasteiger partial charge on any atom is -0.316 e. The summed E-state index contributed by atoms with van der Waals surface area (Å²) >= 11 is 8.33. The molecular weight excluding hydrogens is 374 g/mol. The zero-order valence-electron chi connectivity index (χ0n) is 16.4. The van der Waals surface area contributed by atoms with Crippen LogP contribution in [0.1, 0.15) is 54.2 Å². The maximum atomic E-state index is 12.4. The molecule has 4 heteroatoms. The summed E-state index contributed by atoms with van der Waals surface area (Å²) in [5.41, 5.74) is 4.84. The van der Waals surface area contributed by atoms with Gasteiger partial charge in [-0.3, -0.25) is 4.79 Å². The molecule has 0 radical (unpaired) electrons. The van der Waals surface area contributed by atoms with Crippen LogP contribution < -0.4 is 5.32 Å². The van der Waals surface area contributed by atoms with Crippen LogP contribution in [0.5, 0.6) is 0 Å². The Hall–Kier alpha value is -1.29. The Morgan fingerprint density at radius 2 is 1.78 bits per heavy atom. The van der Waals surface area contributed by atoms with Gasteiger partial charge in [-0.1, -0.05) is 62.7 Å². The second kappa shape index (κ2) is 8.81. The molecule has 0 spiro atoms. The quantitative estimate of drug-likeness (QED) is 0.496. The van der Waals surface area contributed by atoms with Gasteiger partial charge in [0.05, 0.1) is 5.02 Å². The molecule has 2 aromatic carbocycles. The van der Waals surface area contributed by atoms with Crippen molar-refractivity contribution >= 4 is 29.1 Å². The monoisotopic (exact) mass is 401 g/mol. The predicted octanol–water partition coefficient (Wildman–Crippen LogP) is 5.94. The zero-order valence-corrected chi connectivity index (χ0v) is 18.0. The van der Waals surface area contributed by atoms with E-state index in [4.69, 9.17) is 11.6 Å². The number of thioether (sulfide) groups is 1. The van der Waals surface area contributed by atoms with Crippen molar-refractivity contribution in [2.75, 3.05) is 13.1 Å². The number of rotatable bonds is 5. The first-order valence-electron chi connectivity index (χ1n) is 9.59. The summed E-state index contributed by atoms with van der Waals surface area (Å²) in [5, 5.41) is 4.31. The number of ketones is 1. The molecular formula is C23H28ClNOS. The molecule has 27 heavy (non-hydrogen) atoms. The van der Waals surface area contributed by atoms with E-state index in [-0.39, 0.29) is 11.2 Å². The van der Waals surface area contributed by atoms with Crippen molar-refractivity contribution in [1.82, 2.24) is 5.32 Å². The molecule has 1 aliphatic heterocycles. The van der Waals surface area contributed by atoms with Crippen LogP contribution in [0.2, 0.25) is 5.02 Å². The summed E-state index contributed by atoms with van der Waals surface area (Å²) < 4.78 is 0. The van der Waals surface area contributed by atoms with Gasteiger partial charge in [0, 0.05) is 22.6 Å². The molecule has 0 saturated carbocycles. The van der Waals surface area contributed by atoms with E-state index in [1.54, 1.807) is 11.8 Å². The Labute approximate surface area is 172 Å². The van der Waals surface area contributed by atoms with Crippen molar-refractivity contribution < 1.29 is 4.79 Å². The molecule has 144 valence electrons. The Balaban J connectivity index is 1.70. The highest BCUT2D eigenvalue weighted by molar-refractivity contribution is 7.98. The Kier molecular flexibility index (Phi) is 6.67. The lowest BCUT2D eigenvalue weighted by Gasteiger charge is -2.17. The van der Waals surface area contributed by atoms with Gasteiger partial charge in [-0.25, -0.2) is 0 Å². The van der Waals surface area contributed by atoms with Crippen LogP contribution in [0, 0.1) is 5.41 Å². The lowest BCUT2D eigenvalue weighted by molar-refractivity contribution is 0.0940. The first kappa shape index (κ1) is 20.4. The number of Topliss-reactive ketones (excluding diaryl/α,β-unsaturated/α-hetero) is 1. The predicted molar refractivity (Wildman–Crippen MR) is 116 cm³/mol. The third-order valence-electron chi connectivity index (χ3n) is 4.78. The second-order valence-corrected chi connectivity index (χ2v) is 9.80. The summed E-state index contributed by atoms with van der Waals surface area (Å²) in [6.07, 6.45) is 2.66. The number of benzene rings is 2. The SMILES string of the molecule is CC(C)(C)CC(=O)c1ccc(CSc2c(Cl)ccc3c2CCNCC3)cc1. The van der Waals surface area contributed by atoms with Gasteiger partial charge in [-0.15, -0.1) is 11.8 Å². The van der Waals surface area contributed by atoms with Gasteiger partial charge in [0.25, 0.3) is 0 Å². The van der Waals surface area contributed by atoms with Gasteiger partial charge < -0.3 is 5.32 Å². The molecule has 2 nitrogen and oxygen atoms in total. The Bertz CT molecular complexity index is 808. The van der Waals surface area contributed by atoms with Crippen LogP contribution >= 0.6 is 23.4 Å². The fraction of sp³-hybridized carbons (Fsp3) is 0.435. The fourth-order valence-electron chi connectivity index (χ4n) is 3.39. The van der Waals surface area contributed by atoms with Crippen LogP contribution in [-0.2, 0) is 18.6 Å². The minimum atomic E-state index is 0.0162. The van der Waals surface area contributed by atoms with E-state index in [0.29, 0.717) is 6.42 Å². The van der Waals surface area contributed by atoms with Crippen molar-refractivity contribution in [1.29, 1.82) is 0 Å². The normalized spacial score (nSPS) is 14.5. The summed E-state index contributed by atoms with van der Waals surface area (Å²) in [7, 11) is 0. The molecule has 1 N–H and O–H groups in total. The average Bonchev–Trinajstić information content (AvgIpc) is 2.85. The molecule has 0 fully saturated rings. The molecule has 1 aliphatic rings. The number of nitrogens with one attached hydrogen (secondary N) is 1. The van der Waals surface area contributed by atoms with Crippen molar-refractivity contribution in [3.63, 3.8) is 0 Å². The lowest BCUT2D eigenvalue weighted by atomic mass is 9.88. The summed E-state index contributed by atoms with van der Waals surface area (Å²) in [6, 6.07) is 12.3. The lowest BCUT2D eigenvalue weighted by Crippen LogP contribution is -2.16. The molecule has 0 unspecified atom stereocenters. The van der Waals surface area contributed by atoms with E-state index in [0.717, 1.165) is 42.3 Å². The molecule has 3 rings (SSSR count). The highest BCUT2D eigenvalue weighted by atomic mass is 35.5. The van der Waals surface area contributed by atoms with Crippen LogP contribution in [0.25, 0.3) is 0 Å². The summed E-state index contributed by atoms with van der Waals surface area (Å²) in [4.78, 5) is 13.6. The number of halogens is 1.